The minimum atomic E-state index is 0.932. The summed E-state index contributed by atoms with van der Waals surface area (Å²) in [6.45, 7) is 2.26. The topological polar surface area (TPSA) is 13.1 Å². The second-order valence-corrected chi connectivity index (χ2v) is 9.99. The number of rotatable bonds is 5. The van der Waals surface area contributed by atoms with Crippen molar-refractivity contribution < 1.29 is 4.42 Å². The van der Waals surface area contributed by atoms with Crippen LogP contribution in [0.2, 0.25) is 0 Å². The van der Waals surface area contributed by atoms with Crippen LogP contribution in [0.25, 0.3) is 65.7 Å². The molecule has 7 aromatic rings. The van der Waals surface area contributed by atoms with Gasteiger partial charge in [-0.05, 0) is 68.8 Å². The number of benzene rings is 6. The minimum Gasteiger partial charge on any atom is -0.455 e. The Balaban J connectivity index is 1.34. The third-order valence-corrected chi connectivity index (χ3v) is 7.66. The van der Waals surface area contributed by atoms with Crippen LogP contribution in [0, 0.1) is 0 Å². The molecule has 0 amide bonds. The molecule has 0 unspecified atom stereocenters. The summed E-state index contributed by atoms with van der Waals surface area (Å²) in [5.74, 6) is 0. The maximum atomic E-state index is 6.29. The molecule has 0 fully saturated rings. The minimum absolute atomic E-state index is 0.932. The zero-order valence-electron chi connectivity index (χ0n) is 21.0. The summed E-state index contributed by atoms with van der Waals surface area (Å²) in [6.07, 6.45) is 3.59. The van der Waals surface area contributed by atoms with Gasteiger partial charge in [-0.25, -0.2) is 0 Å². The van der Waals surface area contributed by atoms with Crippen molar-refractivity contribution in [3.8, 4) is 22.3 Å². The lowest BCUT2D eigenvalue weighted by atomic mass is 9.91. The highest BCUT2D eigenvalue weighted by molar-refractivity contribution is 6.14. The average molecular weight is 477 g/mol. The van der Waals surface area contributed by atoms with Gasteiger partial charge in [0.25, 0.3) is 0 Å². The SMILES string of the molecule is CCCCc1ccc2cc(-c3ccc(-c4cccc5c4oc4ccccc45)cc3)c3ccccc3c2c1. The van der Waals surface area contributed by atoms with E-state index in [9.17, 15) is 0 Å². The predicted octanol–water partition coefficient (Wildman–Crippen LogP) is 10.6. The van der Waals surface area contributed by atoms with Crippen LogP contribution in [-0.2, 0) is 6.42 Å². The number of furan rings is 1. The third-order valence-electron chi connectivity index (χ3n) is 7.66. The maximum absolute atomic E-state index is 6.29. The number of unbranched alkanes of at least 4 members (excludes halogenated alkanes) is 1. The van der Waals surface area contributed by atoms with Crippen molar-refractivity contribution in [2.45, 2.75) is 26.2 Å². The van der Waals surface area contributed by atoms with E-state index in [2.05, 4.69) is 110 Å². The molecule has 1 nitrogen and oxygen atoms in total. The van der Waals surface area contributed by atoms with Gasteiger partial charge in [0.1, 0.15) is 11.2 Å². The summed E-state index contributed by atoms with van der Waals surface area (Å²) in [5, 5.41) is 7.60. The molecule has 178 valence electrons. The normalized spacial score (nSPS) is 11.7. The smallest absolute Gasteiger partial charge is 0.143 e. The van der Waals surface area contributed by atoms with Gasteiger partial charge >= 0.3 is 0 Å². The standard InChI is InChI=1S/C36H28O/c1-2-3-9-24-16-17-27-23-34(30-11-5-4-10-29(30)33(27)22-24)26-20-18-25(19-21-26)28-13-8-14-32-31-12-6-7-15-35(31)37-36(28)32/h4-8,10-23H,2-3,9H2,1H3. The van der Waals surface area contributed by atoms with Crippen molar-refractivity contribution in [1.82, 2.24) is 0 Å². The summed E-state index contributed by atoms with van der Waals surface area (Å²) in [7, 11) is 0. The molecule has 0 saturated heterocycles. The Hall–Kier alpha value is -4.36. The van der Waals surface area contributed by atoms with Gasteiger partial charge in [0.05, 0.1) is 0 Å². The van der Waals surface area contributed by atoms with E-state index >= 15 is 0 Å². The highest BCUT2D eigenvalue weighted by Crippen LogP contribution is 2.38. The first-order valence-corrected chi connectivity index (χ1v) is 13.3. The van der Waals surface area contributed by atoms with Crippen molar-refractivity contribution in [1.29, 1.82) is 0 Å². The summed E-state index contributed by atoms with van der Waals surface area (Å²) in [4.78, 5) is 0. The second-order valence-electron chi connectivity index (χ2n) is 9.99. The number of hydrogen-bond donors (Lipinski definition) is 0. The number of hydrogen-bond acceptors (Lipinski definition) is 1. The fourth-order valence-electron chi connectivity index (χ4n) is 5.73. The van der Waals surface area contributed by atoms with Gasteiger partial charge in [-0.1, -0.05) is 116 Å². The summed E-state index contributed by atoms with van der Waals surface area (Å²) < 4.78 is 6.29. The van der Waals surface area contributed by atoms with Crippen molar-refractivity contribution in [2.75, 3.05) is 0 Å². The molecular weight excluding hydrogens is 448 g/mol. The van der Waals surface area contributed by atoms with Gasteiger partial charge in [0.15, 0.2) is 0 Å². The average Bonchev–Trinajstić information content (AvgIpc) is 3.35. The van der Waals surface area contributed by atoms with E-state index in [1.165, 1.54) is 56.6 Å². The first-order valence-electron chi connectivity index (χ1n) is 13.3. The quantitative estimate of drug-likeness (QED) is 0.225. The van der Waals surface area contributed by atoms with E-state index in [1.807, 2.05) is 12.1 Å². The lowest BCUT2D eigenvalue weighted by molar-refractivity contribution is 0.670. The van der Waals surface area contributed by atoms with Crippen LogP contribution in [-0.4, -0.2) is 0 Å². The number of para-hydroxylation sites is 2. The lowest BCUT2D eigenvalue weighted by Gasteiger charge is -2.13. The summed E-state index contributed by atoms with van der Waals surface area (Å²) >= 11 is 0. The van der Waals surface area contributed by atoms with E-state index in [0.717, 1.165) is 33.9 Å². The molecule has 1 aromatic heterocycles. The van der Waals surface area contributed by atoms with E-state index in [4.69, 9.17) is 4.42 Å². The number of fused-ring (bicyclic) bond motifs is 6. The largest absolute Gasteiger partial charge is 0.455 e. The molecule has 0 bridgehead atoms. The molecule has 0 saturated carbocycles. The van der Waals surface area contributed by atoms with Crippen LogP contribution in [0.3, 0.4) is 0 Å². The van der Waals surface area contributed by atoms with Crippen LogP contribution in [0.5, 0.6) is 0 Å². The Bertz CT molecular complexity index is 1900. The predicted molar refractivity (Wildman–Crippen MR) is 158 cm³/mol. The first kappa shape index (κ1) is 21.9. The Labute approximate surface area is 217 Å². The van der Waals surface area contributed by atoms with E-state index in [-0.39, 0.29) is 0 Å². The zero-order valence-corrected chi connectivity index (χ0v) is 21.0. The van der Waals surface area contributed by atoms with Crippen LogP contribution in [0.1, 0.15) is 25.3 Å². The maximum Gasteiger partial charge on any atom is 0.143 e. The van der Waals surface area contributed by atoms with Gasteiger partial charge in [-0.2, -0.15) is 0 Å². The highest BCUT2D eigenvalue weighted by Gasteiger charge is 2.13. The molecule has 1 heterocycles. The molecule has 7 rings (SSSR count). The number of aryl methyl sites for hydroxylation is 1. The molecule has 0 radical (unpaired) electrons. The lowest BCUT2D eigenvalue weighted by Crippen LogP contribution is -1.88. The summed E-state index contributed by atoms with van der Waals surface area (Å²) in [5.41, 5.74) is 8.11. The molecule has 0 aliphatic heterocycles. The second kappa shape index (κ2) is 8.94. The Morgan fingerprint density at radius 3 is 2.05 bits per heavy atom. The molecule has 0 aliphatic carbocycles. The van der Waals surface area contributed by atoms with Gasteiger partial charge in [0, 0.05) is 16.3 Å². The van der Waals surface area contributed by atoms with Crippen LogP contribution in [0.4, 0.5) is 0 Å². The monoisotopic (exact) mass is 476 g/mol. The van der Waals surface area contributed by atoms with Crippen LogP contribution in [0.15, 0.2) is 120 Å². The Morgan fingerprint density at radius 2 is 1.24 bits per heavy atom. The molecule has 1 heteroatoms. The van der Waals surface area contributed by atoms with Crippen molar-refractivity contribution >= 4 is 43.5 Å². The molecule has 0 N–H and O–H groups in total. The first-order chi connectivity index (χ1) is 18.3. The summed E-state index contributed by atoms with van der Waals surface area (Å²) in [6, 6.07) is 41.8. The van der Waals surface area contributed by atoms with Crippen molar-refractivity contribution in [3.63, 3.8) is 0 Å². The van der Waals surface area contributed by atoms with Crippen molar-refractivity contribution in [3.05, 3.63) is 121 Å². The van der Waals surface area contributed by atoms with Crippen LogP contribution >= 0.6 is 0 Å². The molecule has 0 spiro atoms. The van der Waals surface area contributed by atoms with Crippen LogP contribution < -0.4 is 0 Å². The molecule has 0 aliphatic rings. The molecular formula is C36H28O. The molecule has 6 aromatic carbocycles. The van der Waals surface area contributed by atoms with Gasteiger partial charge in [-0.15, -0.1) is 0 Å². The zero-order chi connectivity index (χ0) is 24.8. The van der Waals surface area contributed by atoms with E-state index < -0.39 is 0 Å². The third kappa shape index (κ3) is 3.70. The molecule has 0 atom stereocenters. The van der Waals surface area contributed by atoms with E-state index in [0.29, 0.717) is 0 Å². The highest BCUT2D eigenvalue weighted by atomic mass is 16.3. The van der Waals surface area contributed by atoms with Gasteiger partial charge < -0.3 is 4.42 Å². The fraction of sp³-hybridized carbons (Fsp3) is 0.111. The Morgan fingerprint density at radius 1 is 0.541 bits per heavy atom. The molecule has 37 heavy (non-hydrogen) atoms. The van der Waals surface area contributed by atoms with E-state index in [1.54, 1.807) is 0 Å². The fourth-order valence-corrected chi connectivity index (χ4v) is 5.73. The Kier molecular flexibility index (Phi) is 5.29. The van der Waals surface area contributed by atoms with Crippen molar-refractivity contribution in [2.24, 2.45) is 0 Å². The van der Waals surface area contributed by atoms with Gasteiger partial charge in [-0.3, -0.25) is 0 Å². The van der Waals surface area contributed by atoms with Gasteiger partial charge in [0.2, 0.25) is 0 Å².